The lowest BCUT2D eigenvalue weighted by molar-refractivity contribution is -0.115. The van der Waals surface area contributed by atoms with Crippen molar-refractivity contribution in [2.45, 2.75) is 37.7 Å². The first kappa shape index (κ1) is 14.6. The van der Waals surface area contributed by atoms with Crippen LogP contribution in [0, 0.1) is 11.3 Å². The van der Waals surface area contributed by atoms with E-state index in [0.717, 1.165) is 6.42 Å². The third-order valence-electron chi connectivity index (χ3n) is 2.69. The Bertz CT molecular complexity index is 453. The van der Waals surface area contributed by atoms with E-state index < -0.39 is 0 Å². The number of amides is 1. The molecule has 1 rings (SSSR count). The number of nitrogens with one attached hydrogen (secondary N) is 1. The van der Waals surface area contributed by atoms with Gasteiger partial charge in [-0.3, -0.25) is 4.79 Å². The summed E-state index contributed by atoms with van der Waals surface area (Å²) in [6, 6.07) is 9.11. The molecule has 3 nitrogen and oxygen atoms in total. The molecule has 0 aliphatic heterocycles. The number of benzene rings is 1. The van der Waals surface area contributed by atoms with E-state index in [1.165, 1.54) is 0 Å². The molecule has 0 aliphatic rings. The van der Waals surface area contributed by atoms with Gasteiger partial charge in [0.15, 0.2) is 0 Å². The summed E-state index contributed by atoms with van der Waals surface area (Å²) < 4.78 is 0. The summed E-state index contributed by atoms with van der Waals surface area (Å²) in [6.07, 6.45) is 1.04. The van der Waals surface area contributed by atoms with Crippen LogP contribution in [0.2, 0.25) is 0 Å². The molecule has 1 aromatic carbocycles. The van der Waals surface area contributed by atoms with Crippen molar-refractivity contribution in [2.24, 2.45) is 0 Å². The van der Waals surface area contributed by atoms with Crippen molar-refractivity contribution in [3.63, 3.8) is 0 Å². The highest BCUT2D eigenvalue weighted by Crippen LogP contribution is 2.22. The summed E-state index contributed by atoms with van der Waals surface area (Å²) >= 11 is 1.65. The lowest BCUT2D eigenvalue weighted by atomic mass is 10.2. The fourth-order valence-corrected chi connectivity index (χ4v) is 2.50. The second-order valence-electron chi connectivity index (χ2n) is 4.14. The van der Waals surface area contributed by atoms with Crippen molar-refractivity contribution in [1.29, 1.82) is 5.26 Å². The van der Waals surface area contributed by atoms with Gasteiger partial charge < -0.3 is 5.32 Å². The van der Waals surface area contributed by atoms with E-state index in [2.05, 4.69) is 25.2 Å². The average molecular weight is 262 g/mol. The van der Waals surface area contributed by atoms with Crippen molar-refractivity contribution in [3.8, 4) is 6.07 Å². The van der Waals surface area contributed by atoms with E-state index in [-0.39, 0.29) is 11.2 Å². The van der Waals surface area contributed by atoms with Crippen LogP contribution in [0.3, 0.4) is 0 Å². The zero-order valence-corrected chi connectivity index (χ0v) is 11.8. The number of carbonyl (C=O) groups is 1. The van der Waals surface area contributed by atoms with Gasteiger partial charge in [-0.2, -0.15) is 5.26 Å². The first-order valence-electron chi connectivity index (χ1n) is 6.04. The van der Waals surface area contributed by atoms with E-state index in [4.69, 9.17) is 5.26 Å². The Labute approximate surface area is 113 Å². The quantitative estimate of drug-likeness (QED) is 0.884. The maximum atomic E-state index is 12.0. The number of para-hydroxylation sites is 1. The van der Waals surface area contributed by atoms with Crippen LogP contribution in [0.15, 0.2) is 24.3 Å². The lowest BCUT2D eigenvalue weighted by Crippen LogP contribution is -2.24. The molecule has 0 radical (unpaired) electrons. The van der Waals surface area contributed by atoms with Gasteiger partial charge in [0.25, 0.3) is 0 Å². The Hall–Kier alpha value is -1.47. The van der Waals surface area contributed by atoms with Gasteiger partial charge in [-0.1, -0.05) is 26.0 Å². The molecule has 0 spiro atoms. The summed E-state index contributed by atoms with van der Waals surface area (Å²) in [5.41, 5.74) is 1.08. The zero-order chi connectivity index (χ0) is 13.5. The first-order valence-corrected chi connectivity index (χ1v) is 6.98. The van der Waals surface area contributed by atoms with Crippen LogP contribution >= 0.6 is 11.8 Å². The molecule has 1 N–H and O–H groups in total. The molecule has 0 fully saturated rings. The van der Waals surface area contributed by atoms with Crippen molar-refractivity contribution < 1.29 is 4.79 Å². The molecule has 96 valence electrons. The summed E-state index contributed by atoms with van der Waals surface area (Å²) in [5.74, 6) is -0.0528. The molecule has 0 saturated carbocycles. The summed E-state index contributed by atoms with van der Waals surface area (Å²) in [5, 5.41) is 12.1. The monoisotopic (exact) mass is 262 g/mol. The minimum absolute atomic E-state index is 0.0528. The fraction of sp³-hybridized carbons (Fsp3) is 0.429. The van der Waals surface area contributed by atoms with Crippen molar-refractivity contribution >= 4 is 23.4 Å². The number of nitriles is 1. The van der Waals surface area contributed by atoms with E-state index >= 15 is 0 Å². The van der Waals surface area contributed by atoms with Gasteiger partial charge >= 0.3 is 0 Å². The van der Waals surface area contributed by atoms with Crippen LogP contribution in [-0.4, -0.2) is 16.4 Å². The molecule has 1 amide bonds. The van der Waals surface area contributed by atoms with Gasteiger partial charge in [0.2, 0.25) is 5.91 Å². The van der Waals surface area contributed by atoms with E-state index in [0.29, 0.717) is 16.5 Å². The molecular weight excluding hydrogens is 244 g/mol. The number of rotatable bonds is 5. The van der Waals surface area contributed by atoms with E-state index in [1.807, 2.05) is 13.0 Å². The predicted octanol–water partition coefficient (Wildman–Crippen LogP) is 3.42. The van der Waals surface area contributed by atoms with Crippen LogP contribution in [0.1, 0.15) is 32.8 Å². The Kier molecular flexibility index (Phi) is 5.73. The highest BCUT2D eigenvalue weighted by molar-refractivity contribution is 8.01. The lowest BCUT2D eigenvalue weighted by Gasteiger charge is -2.16. The van der Waals surface area contributed by atoms with Gasteiger partial charge in [-0.25, -0.2) is 0 Å². The summed E-state index contributed by atoms with van der Waals surface area (Å²) in [6.45, 7) is 6.10. The van der Waals surface area contributed by atoms with Crippen LogP contribution in [0.25, 0.3) is 0 Å². The molecular formula is C14H18N2OS. The molecule has 0 aliphatic carbocycles. The first-order chi connectivity index (χ1) is 8.58. The van der Waals surface area contributed by atoms with Gasteiger partial charge in [0.05, 0.1) is 16.5 Å². The highest BCUT2D eigenvalue weighted by Gasteiger charge is 2.17. The SMILES string of the molecule is CCC(C)SC(C)C(=O)Nc1ccccc1C#N. The largest absolute Gasteiger partial charge is 0.324 e. The second kappa shape index (κ2) is 7.07. The summed E-state index contributed by atoms with van der Waals surface area (Å²) in [4.78, 5) is 12.0. The topological polar surface area (TPSA) is 52.9 Å². The van der Waals surface area contributed by atoms with Crippen LogP contribution in [0.4, 0.5) is 5.69 Å². The second-order valence-corrected chi connectivity index (χ2v) is 5.93. The standard InChI is InChI=1S/C14H18N2OS/c1-4-10(2)18-11(3)14(17)16-13-8-6-5-7-12(13)9-15/h5-8,10-11H,4H2,1-3H3,(H,16,17). The normalized spacial score (nSPS) is 13.4. The zero-order valence-electron chi connectivity index (χ0n) is 10.9. The molecule has 0 heterocycles. The smallest absolute Gasteiger partial charge is 0.237 e. The Morgan fingerprint density at radius 3 is 2.72 bits per heavy atom. The number of anilines is 1. The molecule has 0 aromatic heterocycles. The summed E-state index contributed by atoms with van der Waals surface area (Å²) in [7, 11) is 0. The Balaban J connectivity index is 2.67. The number of hydrogen-bond acceptors (Lipinski definition) is 3. The third-order valence-corrected chi connectivity index (χ3v) is 4.11. The Morgan fingerprint density at radius 2 is 2.11 bits per heavy atom. The third kappa shape index (κ3) is 4.08. The Morgan fingerprint density at radius 1 is 1.44 bits per heavy atom. The van der Waals surface area contributed by atoms with Crippen molar-refractivity contribution in [1.82, 2.24) is 0 Å². The molecule has 2 unspecified atom stereocenters. The van der Waals surface area contributed by atoms with Gasteiger partial charge in [-0.05, 0) is 25.5 Å². The highest BCUT2D eigenvalue weighted by atomic mass is 32.2. The van der Waals surface area contributed by atoms with Crippen molar-refractivity contribution in [3.05, 3.63) is 29.8 Å². The minimum atomic E-state index is -0.119. The number of thioether (sulfide) groups is 1. The predicted molar refractivity (Wildman–Crippen MR) is 76.6 cm³/mol. The minimum Gasteiger partial charge on any atom is -0.324 e. The van der Waals surface area contributed by atoms with Crippen molar-refractivity contribution in [2.75, 3.05) is 5.32 Å². The molecule has 18 heavy (non-hydrogen) atoms. The van der Waals surface area contributed by atoms with Gasteiger partial charge in [0.1, 0.15) is 6.07 Å². The van der Waals surface area contributed by atoms with E-state index in [9.17, 15) is 4.79 Å². The number of hydrogen-bond donors (Lipinski definition) is 1. The molecule has 0 bridgehead atoms. The molecule has 2 atom stereocenters. The number of nitrogens with zero attached hydrogens (tertiary/aromatic N) is 1. The molecule has 4 heteroatoms. The van der Waals surface area contributed by atoms with Gasteiger partial charge in [-0.15, -0.1) is 11.8 Å². The number of carbonyl (C=O) groups excluding carboxylic acids is 1. The van der Waals surface area contributed by atoms with Crippen LogP contribution in [0.5, 0.6) is 0 Å². The van der Waals surface area contributed by atoms with E-state index in [1.54, 1.807) is 30.0 Å². The maximum Gasteiger partial charge on any atom is 0.237 e. The average Bonchev–Trinajstić information content (AvgIpc) is 2.39. The molecule has 1 aromatic rings. The van der Waals surface area contributed by atoms with Crippen LogP contribution < -0.4 is 5.32 Å². The molecule has 0 saturated heterocycles. The van der Waals surface area contributed by atoms with Crippen LogP contribution in [-0.2, 0) is 4.79 Å². The van der Waals surface area contributed by atoms with Gasteiger partial charge in [0, 0.05) is 5.25 Å². The fourth-order valence-electron chi connectivity index (χ4n) is 1.43. The maximum absolute atomic E-state index is 12.0.